The number of halogens is 1. The lowest BCUT2D eigenvalue weighted by Crippen LogP contribution is -2.20. The van der Waals surface area contributed by atoms with E-state index in [2.05, 4.69) is 15.4 Å². The lowest BCUT2D eigenvalue weighted by Gasteiger charge is -2.12. The summed E-state index contributed by atoms with van der Waals surface area (Å²) >= 11 is 0. The molecule has 3 rings (SSSR count). The van der Waals surface area contributed by atoms with Crippen LogP contribution >= 0.6 is 0 Å². The van der Waals surface area contributed by atoms with Gasteiger partial charge in [0, 0.05) is 29.2 Å². The standard InChI is InChI=1S/C21H19FN4O6S/c1-2-32-18-10-5-15(6-11-18)25-33(30,31)20-13-16(7-12-19(20)22)24-21(27)23-14-3-8-17(9-4-14)26(28)29/h3-13,25H,2H2,1H3,(H2,23,24,27). The summed E-state index contributed by atoms with van der Waals surface area (Å²) in [5.41, 5.74) is 0.342. The third-order valence-electron chi connectivity index (χ3n) is 4.23. The van der Waals surface area contributed by atoms with Gasteiger partial charge in [-0.15, -0.1) is 0 Å². The molecule has 0 saturated heterocycles. The van der Waals surface area contributed by atoms with E-state index in [0.29, 0.717) is 12.4 Å². The molecule has 0 saturated carbocycles. The van der Waals surface area contributed by atoms with E-state index in [-0.39, 0.29) is 22.7 Å². The number of nitrogens with one attached hydrogen (secondary N) is 3. The zero-order valence-electron chi connectivity index (χ0n) is 17.2. The van der Waals surface area contributed by atoms with Gasteiger partial charge >= 0.3 is 6.03 Å². The van der Waals surface area contributed by atoms with Crippen LogP contribution in [0.1, 0.15) is 6.92 Å². The maximum Gasteiger partial charge on any atom is 0.323 e. The zero-order chi connectivity index (χ0) is 24.0. The van der Waals surface area contributed by atoms with Crippen molar-refractivity contribution in [1.29, 1.82) is 0 Å². The molecule has 0 aliphatic heterocycles. The predicted molar refractivity (Wildman–Crippen MR) is 121 cm³/mol. The van der Waals surface area contributed by atoms with Crippen LogP contribution in [-0.2, 0) is 10.0 Å². The van der Waals surface area contributed by atoms with Gasteiger partial charge < -0.3 is 15.4 Å². The summed E-state index contributed by atoms with van der Waals surface area (Å²) in [5.74, 6) is -0.452. The van der Waals surface area contributed by atoms with Crippen LogP contribution in [0.2, 0.25) is 0 Å². The topological polar surface area (TPSA) is 140 Å². The van der Waals surface area contributed by atoms with Gasteiger partial charge in [0.1, 0.15) is 16.5 Å². The first-order chi connectivity index (χ1) is 15.7. The average Bonchev–Trinajstić information content (AvgIpc) is 2.76. The Morgan fingerprint density at radius 3 is 2.15 bits per heavy atom. The largest absolute Gasteiger partial charge is 0.494 e. The molecule has 0 radical (unpaired) electrons. The summed E-state index contributed by atoms with van der Waals surface area (Å²) in [5, 5.41) is 15.5. The van der Waals surface area contributed by atoms with Crippen LogP contribution in [0, 0.1) is 15.9 Å². The minimum absolute atomic E-state index is 0.0166. The molecule has 3 aromatic carbocycles. The van der Waals surface area contributed by atoms with Gasteiger partial charge in [0.25, 0.3) is 15.7 Å². The minimum Gasteiger partial charge on any atom is -0.494 e. The summed E-state index contributed by atoms with van der Waals surface area (Å²) in [6, 6.07) is 13.5. The summed E-state index contributed by atoms with van der Waals surface area (Å²) < 4.78 is 47.2. The van der Waals surface area contributed by atoms with E-state index < -0.39 is 31.7 Å². The molecule has 3 aromatic rings. The normalized spacial score (nSPS) is 10.8. The fourth-order valence-corrected chi connectivity index (χ4v) is 3.91. The molecular formula is C21H19FN4O6S. The monoisotopic (exact) mass is 474 g/mol. The summed E-state index contributed by atoms with van der Waals surface area (Å²) in [6.07, 6.45) is 0. The number of carbonyl (C=O) groups excluding carboxylic acids is 1. The highest BCUT2D eigenvalue weighted by atomic mass is 32.2. The highest BCUT2D eigenvalue weighted by Gasteiger charge is 2.20. The number of amides is 2. The number of nitro groups is 1. The Morgan fingerprint density at radius 2 is 1.55 bits per heavy atom. The van der Waals surface area contributed by atoms with E-state index in [0.717, 1.165) is 12.1 Å². The Hall–Kier alpha value is -4.19. The number of nitro benzene ring substituents is 1. The van der Waals surface area contributed by atoms with Crippen LogP contribution < -0.4 is 20.1 Å². The number of urea groups is 1. The second-order valence-corrected chi connectivity index (χ2v) is 8.24. The molecule has 0 atom stereocenters. The van der Waals surface area contributed by atoms with Gasteiger partial charge in [-0.2, -0.15) is 0 Å². The molecule has 0 aromatic heterocycles. The highest BCUT2D eigenvalue weighted by molar-refractivity contribution is 7.92. The number of hydrogen-bond donors (Lipinski definition) is 3. The molecule has 172 valence electrons. The third-order valence-corrected chi connectivity index (χ3v) is 5.63. The van der Waals surface area contributed by atoms with E-state index in [1.807, 2.05) is 6.92 Å². The number of hydrogen-bond acceptors (Lipinski definition) is 6. The van der Waals surface area contributed by atoms with E-state index >= 15 is 0 Å². The molecule has 0 aliphatic rings. The first-order valence-electron chi connectivity index (χ1n) is 9.55. The van der Waals surface area contributed by atoms with Gasteiger partial charge in [0.15, 0.2) is 0 Å². The van der Waals surface area contributed by atoms with Crippen LogP contribution in [0.15, 0.2) is 71.6 Å². The highest BCUT2D eigenvalue weighted by Crippen LogP contribution is 2.24. The Bertz CT molecular complexity index is 1260. The Kier molecular flexibility index (Phi) is 7.08. The number of anilines is 3. The van der Waals surface area contributed by atoms with Crippen molar-refractivity contribution in [1.82, 2.24) is 0 Å². The van der Waals surface area contributed by atoms with Gasteiger partial charge in [0.05, 0.1) is 11.5 Å². The second kappa shape index (κ2) is 9.96. The number of carbonyl (C=O) groups is 1. The molecule has 0 aliphatic carbocycles. The molecule has 0 unspecified atom stereocenters. The maximum atomic E-state index is 14.3. The van der Waals surface area contributed by atoms with Crippen molar-refractivity contribution in [3.63, 3.8) is 0 Å². The van der Waals surface area contributed by atoms with Crippen LogP contribution in [-0.4, -0.2) is 26.0 Å². The Balaban J connectivity index is 1.72. The fraction of sp³-hybridized carbons (Fsp3) is 0.0952. The molecule has 33 heavy (non-hydrogen) atoms. The average molecular weight is 474 g/mol. The molecule has 0 bridgehead atoms. The first-order valence-corrected chi connectivity index (χ1v) is 11.0. The van der Waals surface area contributed by atoms with Gasteiger partial charge in [-0.1, -0.05) is 0 Å². The zero-order valence-corrected chi connectivity index (χ0v) is 18.1. The van der Waals surface area contributed by atoms with Crippen LogP contribution in [0.25, 0.3) is 0 Å². The Morgan fingerprint density at radius 1 is 0.970 bits per heavy atom. The molecule has 0 spiro atoms. The molecular weight excluding hydrogens is 455 g/mol. The molecule has 0 heterocycles. The summed E-state index contributed by atoms with van der Waals surface area (Å²) in [6.45, 7) is 2.26. The van der Waals surface area contributed by atoms with Crippen LogP contribution in [0.3, 0.4) is 0 Å². The van der Waals surface area contributed by atoms with Crippen molar-refractivity contribution in [3.05, 3.63) is 82.7 Å². The number of non-ortho nitro benzene ring substituents is 1. The molecule has 2 amide bonds. The van der Waals surface area contributed by atoms with Gasteiger partial charge in [-0.25, -0.2) is 17.6 Å². The van der Waals surface area contributed by atoms with Crippen molar-refractivity contribution in [3.8, 4) is 5.75 Å². The molecule has 3 N–H and O–H groups in total. The lowest BCUT2D eigenvalue weighted by molar-refractivity contribution is -0.384. The fourth-order valence-electron chi connectivity index (χ4n) is 2.74. The van der Waals surface area contributed by atoms with E-state index in [1.165, 1.54) is 42.5 Å². The first kappa shape index (κ1) is 23.5. The maximum absolute atomic E-state index is 14.3. The smallest absolute Gasteiger partial charge is 0.323 e. The molecule has 12 heteroatoms. The van der Waals surface area contributed by atoms with E-state index in [4.69, 9.17) is 4.74 Å². The molecule has 0 fully saturated rings. The van der Waals surface area contributed by atoms with Crippen LogP contribution in [0.4, 0.5) is 31.9 Å². The predicted octanol–water partition coefficient (Wildman–Crippen LogP) is 4.58. The Labute approximate surface area is 188 Å². The number of nitrogens with zero attached hydrogens (tertiary/aromatic N) is 1. The van der Waals surface area contributed by atoms with Crippen molar-refractivity contribution < 1.29 is 27.3 Å². The van der Waals surface area contributed by atoms with Crippen molar-refractivity contribution >= 4 is 38.8 Å². The van der Waals surface area contributed by atoms with Crippen molar-refractivity contribution in [2.45, 2.75) is 11.8 Å². The SMILES string of the molecule is CCOc1ccc(NS(=O)(=O)c2cc(NC(=O)Nc3ccc([N+](=O)[O-])cc3)ccc2F)cc1. The van der Waals surface area contributed by atoms with E-state index in [9.17, 15) is 27.7 Å². The summed E-state index contributed by atoms with van der Waals surface area (Å²) in [7, 11) is -4.30. The number of sulfonamides is 1. The lowest BCUT2D eigenvalue weighted by atomic mass is 10.3. The second-order valence-electron chi connectivity index (χ2n) is 6.59. The van der Waals surface area contributed by atoms with E-state index in [1.54, 1.807) is 12.1 Å². The minimum atomic E-state index is -4.30. The van der Waals surface area contributed by atoms with Crippen LogP contribution in [0.5, 0.6) is 5.75 Å². The summed E-state index contributed by atoms with van der Waals surface area (Å²) in [4.78, 5) is 21.6. The quantitative estimate of drug-likeness (QED) is 0.323. The van der Waals surface area contributed by atoms with Gasteiger partial charge in [-0.3, -0.25) is 14.8 Å². The number of rotatable bonds is 8. The molecule has 10 nitrogen and oxygen atoms in total. The van der Waals surface area contributed by atoms with Gasteiger partial charge in [-0.05, 0) is 61.5 Å². The number of ether oxygens (including phenoxy) is 1. The van der Waals surface area contributed by atoms with Gasteiger partial charge in [0.2, 0.25) is 0 Å². The number of benzene rings is 3. The third kappa shape index (κ3) is 6.17. The van der Waals surface area contributed by atoms with Crippen molar-refractivity contribution in [2.24, 2.45) is 0 Å². The van der Waals surface area contributed by atoms with Crippen molar-refractivity contribution in [2.75, 3.05) is 22.0 Å².